The molecule has 0 unspecified atom stereocenters. The molecule has 1 aromatic rings. The van der Waals surface area contributed by atoms with E-state index in [4.69, 9.17) is 0 Å². The second-order valence-electron chi connectivity index (χ2n) is 7.93. The number of hydrogen-bond donors (Lipinski definition) is 2. The lowest BCUT2D eigenvalue weighted by molar-refractivity contribution is -0.137. The lowest BCUT2D eigenvalue weighted by Crippen LogP contribution is -2.50. The summed E-state index contributed by atoms with van der Waals surface area (Å²) in [5, 5.41) is 5.38. The number of imide groups is 1. The Morgan fingerprint density at radius 3 is 2.46 bits per heavy atom. The van der Waals surface area contributed by atoms with Gasteiger partial charge in [-0.25, -0.2) is 14.1 Å². The maximum absolute atomic E-state index is 14.4. The number of halogens is 1. The van der Waals surface area contributed by atoms with E-state index in [9.17, 15) is 18.8 Å². The van der Waals surface area contributed by atoms with Gasteiger partial charge in [0.2, 0.25) is 5.91 Å². The van der Waals surface area contributed by atoms with Gasteiger partial charge in [-0.05, 0) is 52.8 Å². The average Bonchev–Trinajstić information content (AvgIpc) is 3.23. The van der Waals surface area contributed by atoms with Crippen LogP contribution >= 0.6 is 0 Å². The van der Waals surface area contributed by atoms with Gasteiger partial charge in [0.1, 0.15) is 17.4 Å². The topological polar surface area (TPSA) is 81.8 Å². The number of amides is 4. The first-order valence-corrected chi connectivity index (χ1v) is 9.64. The van der Waals surface area contributed by atoms with Crippen molar-refractivity contribution in [2.24, 2.45) is 0 Å². The second kappa shape index (κ2) is 7.87. The first-order valence-electron chi connectivity index (χ1n) is 9.64. The lowest BCUT2D eigenvalue weighted by Gasteiger charge is -2.29. The Hall–Kier alpha value is -2.48. The molecule has 1 aromatic carbocycles. The van der Waals surface area contributed by atoms with E-state index in [0.717, 1.165) is 30.8 Å². The number of nitrogens with zero attached hydrogens (tertiary/aromatic N) is 2. The highest BCUT2D eigenvalue weighted by Gasteiger charge is 2.47. The summed E-state index contributed by atoms with van der Waals surface area (Å²) in [6.45, 7) is 6.59. The number of carbonyl (C=O) groups excluding carboxylic acids is 3. The molecule has 152 valence electrons. The molecule has 0 radical (unpaired) electrons. The molecular formula is C20H27FN4O3. The van der Waals surface area contributed by atoms with E-state index in [0.29, 0.717) is 5.56 Å². The van der Waals surface area contributed by atoms with Crippen LogP contribution in [0.3, 0.4) is 0 Å². The maximum atomic E-state index is 14.4. The van der Waals surface area contributed by atoms with E-state index in [1.54, 1.807) is 32.0 Å². The molecule has 0 saturated carbocycles. The lowest BCUT2D eigenvalue weighted by atomic mass is 10.0. The number of nitrogens with one attached hydrogen (secondary N) is 2. The summed E-state index contributed by atoms with van der Waals surface area (Å²) >= 11 is 0. The van der Waals surface area contributed by atoms with Crippen LogP contribution in [0, 0.1) is 5.82 Å². The fourth-order valence-electron chi connectivity index (χ4n) is 3.82. The minimum atomic E-state index is -1.03. The highest BCUT2D eigenvalue weighted by molar-refractivity contribution is 6.09. The highest BCUT2D eigenvalue weighted by Crippen LogP contribution is 2.27. The first kappa shape index (κ1) is 20.3. The zero-order valence-electron chi connectivity index (χ0n) is 16.5. The van der Waals surface area contributed by atoms with Crippen LogP contribution in [-0.4, -0.2) is 58.9 Å². The molecule has 0 aromatic heterocycles. The van der Waals surface area contributed by atoms with Gasteiger partial charge in [0.05, 0.1) is 6.04 Å². The molecule has 3 rings (SSSR count). The molecule has 2 fully saturated rings. The number of carbonyl (C=O) groups is 3. The van der Waals surface area contributed by atoms with Crippen molar-refractivity contribution < 1.29 is 18.8 Å². The quantitative estimate of drug-likeness (QED) is 0.726. The normalized spacial score (nSPS) is 21.5. The predicted octanol–water partition coefficient (Wildman–Crippen LogP) is 1.80. The molecule has 4 amide bonds. The third-order valence-corrected chi connectivity index (χ3v) is 5.47. The molecular weight excluding hydrogens is 363 g/mol. The largest absolute Gasteiger partial charge is 0.352 e. The van der Waals surface area contributed by atoms with Crippen molar-refractivity contribution >= 4 is 17.8 Å². The maximum Gasteiger partial charge on any atom is 0.325 e. The van der Waals surface area contributed by atoms with Crippen molar-refractivity contribution in [2.45, 2.75) is 51.2 Å². The number of urea groups is 1. The van der Waals surface area contributed by atoms with E-state index in [1.165, 1.54) is 13.0 Å². The predicted molar refractivity (Wildman–Crippen MR) is 102 cm³/mol. The van der Waals surface area contributed by atoms with Crippen molar-refractivity contribution in [3.8, 4) is 0 Å². The molecule has 7 nitrogen and oxygen atoms in total. The summed E-state index contributed by atoms with van der Waals surface area (Å²) in [4.78, 5) is 40.3. The van der Waals surface area contributed by atoms with Gasteiger partial charge in [0.25, 0.3) is 5.91 Å². The number of rotatable bonds is 6. The van der Waals surface area contributed by atoms with Gasteiger partial charge in [-0.1, -0.05) is 18.2 Å². The molecule has 2 aliphatic rings. The smallest absolute Gasteiger partial charge is 0.325 e. The van der Waals surface area contributed by atoms with Crippen LogP contribution in [0.5, 0.6) is 0 Å². The Balaban J connectivity index is 1.71. The fraction of sp³-hybridized carbons (Fsp3) is 0.550. The molecule has 28 heavy (non-hydrogen) atoms. The molecule has 2 aliphatic heterocycles. The zero-order chi connectivity index (χ0) is 20.5. The van der Waals surface area contributed by atoms with Crippen LogP contribution in [0.25, 0.3) is 0 Å². The molecule has 2 saturated heterocycles. The molecule has 2 N–H and O–H groups in total. The van der Waals surface area contributed by atoms with Crippen molar-refractivity contribution in [1.82, 2.24) is 20.4 Å². The molecule has 0 bridgehead atoms. The molecule has 2 atom stereocenters. The Morgan fingerprint density at radius 2 is 1.89 bits per heavy atom. The van der Waals surface area contributed by atoms with Gasteiger partial charge < -0.3 is 10.6 Å². The summed E-state index contributed by atoms with van der Waals surface area (Å²) in [6, 6.07) is 4.74. The number of likely N-dealkylation sites (tertiary alicyclic amines) is 1. The first-order chi connectivity index (χ1) is 13.2. The monoisotopic (exact) mass is 390 g/mol. The van der Waals surface area contributed by atoms with Crippen LogP contribution < -0.4 is 10.6 Å². The van der Waals surface area contributed by atoms with Crippen LogP contribution in [0.4, 0.5) is 9.18 Å². The summed E-state index contributed by atoms with van der Waals surface area (Å²) in [7, 11) is 0. The van der Waals surface area contributed by atoms with E-state index >= 15 is 0 Å². The number of benzene rings is 1. The van der Waals surface area contributed by atoms with Crippen molar-refractivity contribution in [3.63, 3.8) is 0 Å². The SMILES string of the molecule is C[C@H](C(=O)NC[C@@H](c1ccccc1F)N1CCCC1)N1C(=O)NC(C)(C)C1=O. The van der Waals surface area contributed by atoms with Crippen LogP contribution in [0.1, 0.15) is 45.2 Å². The van der Waals surface area contributed by atoms with Crippen LogP contribution in [-0.2, 0) is 9.59 Å². The molecule has 8 heteroatoms. The van der Waals surface area contributed by atoms with E-state index in [1.807, 2.05) is 0 Å². The third kappa shape index (κ3) is 3.87. The second-order valence-corrected chi connectivity index (χ2v) is 7.93. The molecule has 2 heterocycles. The van der Waals surface area contributed by atoms with Crippen LogP contribution in [0.15, 0.2) is 24.3 Å². The van der Waals surface area contributed by atoms with Gasteiger partial charge in [0.15, 0.2) is 0 Å². The Labute approximate surface area is 164 Å². The molecule has 0 spiro atoms. The van der Waals surface area contributed by atoms with Gasteiger partial charge in [-0.2, -0.15) is 0 Å². The van der Waals surface area contributed by atoms with E-state index < -0.39 is 29.4 Å². The van der Waals surface area contributed by atoms with Crippen molar-refractivity contribution in [1.29, 1.82) is 0 Å². The van der Waals surface area contributed by atoms with Gasteiger partial charge >= 0.3 is 6.03 Å². The fourth-order valence-corrected chi connectivity index (χ4v) is 3.82. The summed E-state index contributed by atoms with van der Waals surface area (Å²) in [5.41, 5.74) is -0.495. The summed E-state index contributed by atoms with van der Waals surface area (Å²) < 4.78 is 14.4. The Morgan fingerprint density at radius 1 is 1.25 bits per heavy atom. The molecule has 0 aliphatic carbocycles. The minimum absolute atomic E-state index is 0.206. The van der Waals surface area contributed by atoms with E-state index in [-0.39, 0.29) is 18.4 Å². The van der Waals surface area contributed by atoms with Crippen LogP contribution in [0.2, 0.25) is 0 Å². The summed E-state index contributed by atoms with van der Waals surface area (Å²) in [5.74, 6) is -1.19. The standard InChI is InChI=1S/C20H27FN4O3/c1-13(25-18(27)20(2,3)23-19(25)28)17(26)22-12-16(24-10-6-7-11-24)14-8-4-5-9-15(14)21/h4-5,8-9,13,16H,6-7,10-12H2,1-3H3,(H,22,26)(H,23,28)/t13-,16+/m1/s1. The van der Waals surface area contributed by atoms with E-state index in [2.05, 4.69) is 15.5 Å². The van der Waals surface area contributed by atoms with Gasteiger partial charge in [-0.15, -0.1) is 0 Å². The number of hydrogen-bond acceptors (Lipinski definition) is 4. The van der Waals surface area contributed by atoms with Crippen molar-refractivity contribution in [3.05, 3.63) is 35.6 Å². The third-order valence-electron chi connectivity index (χ3n) is 5.47. The minimum Gasteiger partial charge on any atom is -0.352 e. The van der Waals surface area contributed by atoms with Crippen molar-refractivity contribution in [2.75, 3.05) is 19.6 Å². The van der Waals surface area contributed by atoms with Gasteiger partial charge in [0, 0.05) is 12.1 Å². The zero-order valence-corrected chi connectivity index (χ0v) is 16.5. The van der Waals surface area contributed by atoms with Gasteiger partial charge in [-0.3, -0.25) is 14.5 Å². The Bertz CT molecular complexity index is 776. The summed E-state index contributed by atoms with van der Waals surface area (Å²) in [6.07, 6.45) is 2.07. The average molecular weight is 390 g/mol. The Kier molecular flexibility index (Phi) is 5.69. The highest BCUT2D eigenvalue weighted by atomic mass is 19.1.